The number of hydrogen-bond donors (Lipinski definition) is 0. The third-order valence-corrected chi connectivity index (χ3v) is 3.11. The molecule has 0 radical (unpaired) electrons. The molecule has 3 rings (SSSR count). The number of hydrogen-bond acceptors (Lipinski definition) is 5. The van der Waals surface area contributed by atoms with E-state index in [-0.39, 0.29) is 30.4 Å². The fourth-order valence-electron chi connectivity index (χ4n) is 2.05. The van der Waals surface area contributed by atoms with E-state index in [0.29, 0.717) is 13.2 Å². The summed E-state index contributed by atoms with van der Waals surface area (Å²) in [5.41, 5.74) is 0.846. The molecule has 1 aliphatic rings. The highest BCUT2D eigenvalue weighted by Gasteiger charge is 2.28. The lowest BCUT2D eigenvalue weighted by atomic mass is 10.2. The molecule has 1 atom stereocenters. The Labute approximate surface area is 119 Å². The van der Waals surface area contributed by atoms with Crippen molar-refractivity contribution in [2.24, 2.45) is 0 Å². The molecule has 0 bridgehead atoms. The Balaban J connectivity index is 1.61. The van der Waals surface area contributed by atoms with Gasteiger partial charge in [0.25, 0.3) is 0 Å². The smallest absolute Gasteiger partial charge is 0.414 e. The highest BCUT2D eigenvalue weighted by atomic mass is 19.1. The first-order chi connectivity index (χ1) is 10.1. The summed E-state index contributed by atoms with van der Waals surface area (Å²) in [6, 6.07) is 6.25. The average molecular weight is 293 g/mol. The van der Waals surface area contributed by atoms with Crippen LogP contribution < -0.4 is 4.74 Å². The Morgan fingerprint density at radius 3 is 2.95 bits per heavy atom. The first-order valence-electron chi connectivity index (χ1n) is 6.32. The van der Waals surface area contributed by atoms with E-state index in [9.17, 15) is 14.5 Å². The minimum Gasteiger partial charge on any atom is -0.443 e. The van der Waals surface area contributed by atoms with Crippen molar-refractivity contribution in [1.82, 2.24) is 9.55 Å². The largest absolute Gasteiger partial charge is 0.443 e. The third-order valence-electron chi connectivity index (χ3n) is 3.11. The minimum absolute atomic E-state index is 0.225. The van der Waals surface area contributed by atoms with Crippen LogP contribution in [0.4, 0.5) is 10.2 Å². The second-order valence-electron chi connectivity index (χ2n) is 4.66. The molecule has 21 heavy (non-hydrogen) atoms. The molecule has 1 aromatic heterocycles. The quantitative estimate of drug-likeness (QED) is 0.635. The van der Waals surface area contributed by atoms with Gasteiger partial charge in [-0.1, -0.05) is 12.1 Å². The Kier molecular flexibility index (Phi) is 3.53. The highest BCUT2D eigenvalue weighted by Crippen LogP contribution is 2.22. The summed E-state index contributed by atoms with van der Waals surface area (Å²) in [5, 5.41) is 10.7. The zero-order valence-electron chi connectivity index (χ0n) is 10.9. The number of imidazole rings is 1. The SMILES string of the molecule is O=[N+]([O-])c1cn2c(n1)OC[C@@H](OCc1ccc(F)cc1)C2. The zero-order chi connectivity index (χ0) is 14.8. The predicted molar refractivity (Wildman–Crippen MR) is 69.4 cm³/mol. The van der Waals surface area contributed by atoms with E-state index >= 15 is 0 Å². The number of halogens is 1. The van der Waals surface area contributed by atoms with E-state index < -0.39 is 4.92 Å². The maximum Gasteiger partial charge on any atom is 0.414 e. The monoisotopic (exact) mass is 293 g/mol. The summed E-state index contributed by atoms with van der Waals surface area (Å²) in [5.74, 6) is -0.542. The Morgan fingerprint density at radius 2 is 2.24 bits per heavy atom. The summed E-state index contributed by atoms with van der Waals surface area (Å²) >= 11 is 0. The molecule has 0 amide bonds. The molecule has 2 aromatic rings. The maximum atomic E-state index is 12.8. The molecule has 0 unspecified atom stereocenters. The molecular formula is C13H12FN3O4. The first-order valence-corrected chi connectivity index (χ1v) is 6.32. The van der Waals surface area contributed by atoms with Crippen molar-refractivity contribution in [3.05, 3.63) is 52.0 Å². The van der Waals surface area contributed by atoms with Crippen molar-refractivity contribution in [3.8, 4) is 6.01 Å². The molecular weight excluding hydrogens is 281 g/mol. The lowest BCUT2D eigenvalue weighted by Crippen LogP contribution is -2.32. The van der Waals surface area contributed by atoms with E-state index in [1.807, 2.05) is 0 Å². The third kappa shape index (κ3) is 3.00. The molecule has 8 heteroatoms. The van der Waals surface area contributed by atoms with Crippen LogP contribution in [0.5, 0.6) is 6.01 Å². The summed E-state index contributed by atoms with van der Waals surface area (Å²) in [4.78, 5) is 13.8. The molecule has 0 saturated heterocycles. The standard InChI is InChI=1S/C13H12FN3O4/c14-10-3-1-9(2-4-10)7-20-11-5-16-6-12(17(18)19)15-13(16)21-8-11/h1-4,6,11H,5,7-8H2/t11-/m0/s1. The molecule has 110 valence electrons. The van der Waals surface area contributed by atoms with E-state index in [2.05, 4.69) is 4.98 Å². The minimum atomic E-state index is -0.566. The van der Waals surface area contributed by atoms with Crippen LogP contribution in [0.3, 0.4) is 0 Å². The summed E-state index contributed by atoms with van der Waals surface area (Å²) in [7, 11) is 0. The van der Waals surface area contributed by atoms with Gasteiger partial charge in [0.1, 0.15) is 24.7 Å². The van der Waals surface area contributed by atoms with Gasteiger partial charge in [-0.3, -0.25) is 4.57 Å². The number of ether oxygens (including phenoxy) is 2. The van der Waals surface area contributed by atoms with Gasteiger partial charge in [0, 0.05) is 4.98 Å². The van der Waals surface area contributed by atoms with E-state index in [1.165, 1.54) is 18.3 Å². The van der Waals surface area contributed by atoms with Crippen LogP contribution in [0.15, 0.2) is 30.5 Å². The molecule has 1 aliphatic heterocycles. The van der Waals surface area contributed by atoms with Crippen molar-refractivity contribution in [2.45, 2.75) is 19.3 Å². The van der Waals surface area contributed by atoms with Gasteiger partial charge < -0.3 is 19.6 Å². The topological polar surface area (TPSA) is 79.4 Å². The van der Waals surface area contributed by atoms with Crippen LogP contribution in [-0.2, 0) is 17.9 Å². The average Bonchev–Trinajstić information content (AvgIpc) is 2.90. The van der Waals surface area contributed by atoms with Crippen LogP contribution in [0, 0.1) is 15.9 Å². The van der Waals surface area contributed by atoms with Gasteiger partial charge in [0.05, 0.1) is 13.2 Å². The number of aromatic nitrogens is 2. The Bertz CT molecular complexity index is 656. The fourth-order valence-corrected chi connectivity index (χ4v) is 2.05. The Morgan fingerprint density at radius 1 is 1.48 bits per heavy atom. The number of fused-ring (bicyclic) bond motifs is 1. The second kappa shape index (κ2) is 5.49. The molecule has 7 nitrogen and oxygen atoms in total. The van der Waals surface area contributed by atoms with Crippen molar-refractivity contribution in [2.75, 3.05) is 6.61 Å². The molecule has 0 N–H and O–H groups in total. The van der Waals surface area contributed by atoms with Gasteiger partial charge in [-0.15, -0.1) is 0 Å². The van der Waals surface area contributed by atoms with Crippen molar-refractivity contribution in [3.63, 3.8) is 0 Å². The molecule has 0 fully saturated rings. The first kappa shape index (κ1) is 13.5. The van der Waals surface area contributed by atoms with Crippen LogP contribution in [-0.4, -0.2) is 27.2 Å². The zero-order valence-corrected chi connectivity index (χ0v) is 10.9. The van der Waals surface area contributed by atoms with E-state index in [1.54, 1.807) is 16.7 Å². The van der Waals surface area contributed by atoms with E-state index in [0.717, 1.165) is 5.56 Å². The summed E-state index contributed by atoms with van der Waals surface area (Å²) in [6.45, 7) is 1.02. The van der Waals surface area contributed by atoms with Crippen molar-refractivity contribution >= 4 is 5.82 Å². The molecule has 1 aromatic carbocycles. The van der Waals surface area contributed by atoms with Crippen LogP contribution >= 0.6 is 0 Å². The van der Waals surface area contributed by atoms with Gasteiger partial charge in [-0.2, -0.15) is 0 Å². The molecule has 0 aliphatic carbocycles. The lowest BCUT2D eigenvalue weighted by molar-refractivity contribution is -0.389. The number of nitrogens with zero attached hydrogens (tertiary/aromatic N) is 3. The Hall–Kier alpha value is -2.48. The van der Waals surface area contributed by atoms with Gasteiger partial charge in [0.15, 0.2) is 0 Å². The number of nitro groups is 1. The van der Waals surface area contributed by atoms with Gasteiger partial charge in [-0.25, -0.2) is 4.39 Å². The molecule has 2 heterocycles. The van der Waals surface area contributed by atoms with Crippen molar-refractivity contribution < 1.29 is 18.8 Å². The van der Waals surface area contributed by atoms with Crippen molar-refractivity contribution in [1.29, 1.82) is 0 Å². The van der Waals surface area contributed by atoms with Crippen LogP contribution in [0.25, 0.3) is 0 Å². The summed E-state index contributed by atoms with van der Waals surface area (Å²) in [6.07, 6.45) is 1.08. The summed E-state index contributed by atoms with van der Waals surface area (Å²) < 4.78 is 25.3. The van der Waals surface area contributed by atoms with Gasteiger partial charge in [0.2, 0.25) is 0 Å². The van der Waals surface area contributed by atoms with Crippen LogP contribution in [0.2, 0.25) is 0 Å². The number of rotatable bonds is 4. The lowest BCUT2D eigenvalue weighted by Gasteiger charge is -2.22. The van der Waals surface area contributed by atoms with E-state index in [4.69, 9.17) is 9.47 Å². The number of benzene rings is 1. The second-order valence-corrected chi connectivity index (χ2v) is 4.66. The molecule has 0 spiro atoms. The maximum absolute atomic E-state index is 12.8. The normalized spacial score (nSPS) is 17.1. The predicted octanol–water partition coefficient (Wildman–Crippen LogP) is 1.91. The fraction of sp³-hybridized carbons (Fsp3) is 0.308. The van der Waals surface area contributed by atoms with Gasteiger partial charge >= 0.3 is 11.8 Å². The molecule has 0 saturated carbocycles. The van der Waals surface area contributed by atoms with Crippen LogP contribution in [0.1, 0.15) is 5.56 Å². The highest BCUT2D eigenvalue weighted by molar-refractivity contribution is 5.21. The van der Waals surface area contributed by atoms with Gasteiger partial charge in [-0.05, 0) is 22.6 Å².